The van der Waals surface area contributed by atoms with E-state index in [1.807, 2.05) is 13.0 Å². The zero-order valence-corrected chi connectivity index (χ0v) is 17.4. The third-order valence-electron chi connectivity index (χ3n) is 4.46. The molecule has 0 saturated heterocycles. The molecule has 0 radical (unpaired) electrons. The SMILES string of the molecule is Cc1ccc2nc(COc3cccc(NC(=O)Nc4ccccc4Cl)c3)cc(=O)n2c1. The second kappa shape index (κ2) is 8.89. The molecular formula is C23H19ClN4O3. The van der Waals surface area contributed by atoms with Crippen LogP contribution in [0, 0.1) is 6.92 Å². The monoisotopic (exact) mass is 434 g/mol. The number of rotatable bonds is 5. The lowest BCUT2D eigenvalue weighted by Gasteiger charge is -2.11. The van der Waals surface area contributed by atoms with Crippen LogP contribution in [0.15, 0.2) is 77.7 Å². The van der Waals surface area contributed by atoms with E-state index in [0.29, 0.717) is 33.5 Å². The summed E-state index contributed by atoms with van der Waals surface area (Å²) in [6.45, 7) is 2.04. The zero-order valence-electron chi connectivity index (χ0n) is 16.6. The van der Waals surface area contributed by atoms with Gasteiger partial charge in [0.2, 0.25) is 0 Å². The van der Waals surface area contributed by atoms with Gasteiger partial charge in [-0.15, -0.1) is 0 Å². The summed E-state index contributed by atoms with van der Waals surface area (Å²) in [7, 11) is 0. The minimum atomic E-state index is -0.426. The van der Waals surface area contributed by atoms with Crippen molar-refractivity contribution in [2.45, 2.75) is 13.5 Å². The van der Waals surface area contributed by atoms with E-state index < -0.39 is 6.03 Å². The summed E-state index contributed by atoms with van der Waals surface area (Å²) in [6, 6.07) is 18.6. The van der Waals surface area contributed by atoms with Crippen molar-refractivity contribution >= 4 is 34.7 Å². The third kappa shape index (κ3) is 5.02. The summed E-state index contributed by atoms with van der Waals surface area (Å²) in [5.74, 6) is 0.529. The molecule has 2 amide bonds. The van der Waals surface area contributed by atoms with Gasteiger partial charge in [0.05, 0.1) is 16.4 Å². The Balaban J connectivity index is 1.42. The van der Waals surface area contributed by atoms with Crippen LogP contribution in [0.25, 0.3) is 5.65 Å². The molecule has 0 saturated carbocycles. The Labute approximate surface area is 183 Å². The van der Waals surface area contributed by atoms with Crippen LogP contribution in [0.2, 0.25) is 5.02 Å². The summed E-state index contributed by atoms with van der Waals surface area (Å²) >= 11 is 6.06. The highest BCUT2D eigenvalue weighted by molar-refractivity contribution is 6.33. The van der Waals surface area contributed by atoms with Gasteiger partial charge in [0.25, 0.3) is 5.56 Å². The number of benzene rings is 2. The molecule has 2 heterocycles. The van der Waals surface area contributed by atoms with Crippen LogP contribution in [0.5, 0.6) is 5.75 Å². The number of aromatic nitrogens is 2. The average molecular weight is 435 g/mol. The first-order valence-electron chi connectivity index (χ1n) is 9.52. The number of hydrogen-bond donors (Lipinski definition) is 2. The molecule has 0 aliphatic carbocycles. The van der Waals surface area contributed by atoms with Crippen LogP contribution >= 0.6 is 11.6 Å². The normalized spacial score (nSPS) is 10.6. The Morgan fingerprint density at radius 1 is 1.06 bits per heavy atom. The number of para-hydroxylation sites is 1. The highest BCUT2D eigenvalue weighted by Crippen LogP contribution is 2.22. The average Bonchev–Trinajstić information content (AvgIpc) is 2.75. The van der Waals surface area contributed by atoms with Crippen molar-refractivity contribution < 1.29 is 9.53 Å². The zero-order chi connectivity index (χ0) is 21.8. The lowest BCUT2D eigenvalue weighted by molar-refractivity contribution is 0.262. The number of urea groups is 1. The first kappa shape index (κ1) is 20.4. The minimum absolute atomic E-state index is 0.120. The highest BCUT2D eigenvalue weighted by atomic mass is 35.5. The molecule has 4 aromatic rings. The number of anilines is 2. The van der Waals surface area contributed by atoms with E-state index in [1.165, 1.54) is 10.5 Å². The van der Waals surface area contributed by atoms with Gasteiger partial charge in [-0.3, -0.25) is 9.20 Å². The van der Waals surface area contributed by atoms with Crippen LogP contribution < -0.4 is 20.9 Å². The predicted molar refractivity (Wildman–Crippen MR) is 121 cm³/mol. The van der Waals surface area contributed by atoms with E-state index in [1.54, 1.807) is 60.8 Å². The molecule has 0 bridgehead atoms. The van der Waals surface area contributed by atoms with Gasteiger partial charge in [-0.25, -0.2) is 9.78 Å². The molecule has 0 atom stereocenters. The smallest absolute Gasteiger partial charge is 0.323 e. The van der Waals surface area contributed by atoms with Gasteiger partial charge in [0, 0.05) is 24.0 Å². The summed E-state index contributed by atoms with van der Waals surface area (Å²) in [6.07, 6.45) is 1.75. The van der Waals surface area contributed by atoms with E-state index in [0.717, 1.165) is 5.56 Å². The van der Waals surface area contributed by atoms with E-state index in [-0.39, 0.29) is 12.2 Å². The molecule has 2 aromatic carbocycles. The number of carbonyl (C=O) groups is 1. The molecule has 0 aliphatic rings. The lowest BCUT2D eigenvalue weighted by Crippen LogP contribution is -2.19. The summed E-state index contributed by atoms with van der Waals surface area (Å²) in [4.78, 5) is 29.0. The molecular weight excluding hydrogens is 416 g/mol. The summed E-state index contributed by atoms with van der Waals surface area (Å²) in [5.41, 5.74) is 2.94. The fourth-order valence-corrected chi connectivity index (χ4v) is 3.18. The lowest BCUT2D eigenvalue weighted by atomic mass is 10.3. The number of fused-ring (bicyclic) bond motifs is 1. The fraction of sp³-hybridized carbons (Fsp3) is 0.0870. The first-order chi connectivity index (χ1) is 15.0. The quantitative estimate of drug-likeness (QED) is 0.469. The molecule has 156 valence electrons. The number of aryl methyl sites for hydroxylation is 1. The topological polar surface area (TPSA) is 84.7 Å². The Morgan fingerprint density at radius 2 is 1.90 bits per heavy atom. The Hall–Kier alpha value is -3.84. The molecule has 4 rings (SSSR count). The molecule has 7 nitrogen and oxygen atoms in total. The Morgan fingerprint density at radius 3 is 2.74 bits per heavy atom. The predicted octanol–water partition coefficient (Wildman–Crippen LogP) is 4.88. The number of nitrogens with zero attached hydrogens (tertiary/aromatic N) is 2. The van der Waals surface area contributed by atoms with E-state index >= 15 is 0 Å². The molecule has 0 aliphatic heterocycles. The molecule has 31 heavy (non-hydrogen) atoms. The van der Waals surface area contributed by atoms with Crippen LogP contribution in [-0.2, 0) is 6.61 Å². The summed E-state index contributed by atoms with van der Waals surface area (Å²) in [5, 5.41) is 5.88. The highest BCUT2D eigenvalue weighted by Gasteiger charge is 2.07. The van der Waals surface area contributed by atoms with Crippen LogP contribution in [0.3, 0.4) is 0 Å². The molecule has 0 fully saturated rings. The van der Waals surface area contributed by atoms with Crippen molar-refractivity contribution in [1.82, 2.24) is 9.38 Å². The van der Waals surface area contributed by atoms with Gasteiger partial charge < -0.3 is 15.4 Å². The van der Waals surface area contributed by atoms with Gasteiger partial charge >= 0.3 is 6.03 Å². The first-order valence-corrected chi connectivity index (χ1v) is 9.90. The van der Waals surface area contributed by atoms with E-state index in [2.05, 4.69) is 15.6 Å². The standard InChI is InChI=1S/C23H19ClN4O3/c1-15-9-10-21-25-17(12-22(29)28(21)13-15)14-31-18-6-4-5-16(11-18)26-23(30)27-20-8-3-2-7-19(20)24/h2-13H,14H2,1H3,(H2,26,27,30). The van der Waals surface area contributed by atoms with Crippen LogP contribution in [0.4, 0.5) is 16.2 Å². The molecule has 0 spiro atoms. The summed E-state index contributed by atoms with van der Waals surface area (Å²) < 4.78 is 7.28. The Bertz CT molecular complexity index is 1320. The Kier molecular flexibility index (Phi) is 5.86. The second-order valence-corrected chi connectivity index (χ2v) is 7.30. The third-order valence-corrected chi connectivity index (χ3v) is 4.79. The number of amides is 2. The maximum absolute atomic E-state index is 12.3. The van der Waals surface area contributed by atoms with Crippen molar-refractivity contribution in [3.8, 4) is 5.75 Å². The van der Waals surface area contributed by atoms with Crippen molar-refractivity contribution in [3.63, 3.8) is 0 Å². The van der Waals surface area contributed by atoms with E-state index in [9.17, 15) is 9.59 Å². The second-order valence-electron chi connectivity index (χ2n) is 6.90. The molecule has 8 heteroatoms. The van der Waals surface area contributed by atoms with Gasteiger partial charge in [0.1, 0.15) is 18.0 Å². The van der Waals surface area contributed by atoms with Gasteiger partial charge in [-0.2, -0.15) is 0 Å². The number of hydrogen-bond acceptors (Lipinski definition) is 4. The van der Waals surface area contributed by atoms with E-state index in [4.69, 9.17) is 16.3 Å². The maximum Gasteiger partial charge on any atom is 0.323 e. The number of nitrogens with one attached hydrogen (secondary N) is 2. The van der Waals surface area contributed by atoms with Gasteiger partial charge in [0.15, 0.2) is 0 Å². The fourth-order valence-electron chi connectivity index (χ4n) is 3.00. The van der Waals surface area contributed by atoms with Crippen molar-refractivity contribution in [3.05, 3.63) is 99.6 Å². The number of pyridine rings is 1. The minimum Gasteiger partial charge on any atom is -0.487 e. The largest absolute Gasteiger partial charge is 0.487 e. The van der Waals surface area contributed by atoms with Crippen molar-refractivity contribution in [2.75, 3.05) is 10.6 Å². The van der Waals surface area contributed by atoms with Crippen LogP contribution in [-0.4, -0.2) is 15.4 Å². The maximum atomic E-state index is 12.3. The van der Waals surface area contributed by atoms with Crippen LogP contribution in [0.1, 0.15) is 11.3 Å². The molecule has 0 unspecified atom stereocenters. The molecule has 2 aromatic heterocycles. The van der Waals surface area contributed by atoms with Gasteiger partial charge in [-0.05, 0) is 42.8 Å². The molecule has 2 N–H and O–H groups in total. The number of halogens is 1. The number of carbonyl (C=O) groups excluding carboxylic acids is 1. The number of ether oxygens (including phenoxy) is 1. The van der Waals surface area contributed by atoms with Gasteiger partial charge in [-0.1, -0.05) is 35.9 Å². The van der Waals surface area contributed by atoms with Crippen molar-refractivity contribution in [2.24, 2.45) is 0 Å². The van der Waals surface area contributed by atoms with Crippen molar-refractivity contribution in [1.29, 1.82) is 0 Å².